The second-order valence-electron chi connectivity index (χ2n) is 7.56. The second-order valence-corrected chi connectivity index (χ2v) is 7.56. The van der Waals surface area contributed by atoms with Gasteiger partial charge < -0.3 is 19.9 Å². The molecule has 7 heteroatoms. The number of amides is 2. The van der Waals surface area contributed by atoms with Gasteiger partial charge in [0.05, 0.1) is 18.1 Å². The fourth-order valence-corrected chi connectivity index (χ4v) is 3.59. The number of aromatic nitrogens is 2. The summed E-state index contributed by atoms with van der Waals surface area (Å²) in [6, 6.07) is 7.20. The molecule has 1 aromatic carbocycles. The van der Waals surface area contributed by atoms with E-state index in [1.54, 1.807) is 4.90 Å². The van der Waals surface area contributed by atoms with Crippen LogP contribution in [0.1, 0.15) is 44.9 Å². The van der Waals surface area contributed by atoms with Crippen molar-refractivity contribution in [2.45, 2.75) is 45.1 Å². The van der Waals surface area contributed by atoms with Crippen LogP contribution in [0.5, 0.6) is 0 Å². The number of aromatic amines is 1. The first-order chi connectivity index (χ1) is 13.0. The van der Waals surface area contributed by atoms with E-state index in [9.17, 15) is 9.59 Å². The topological polar surface area (TPSA) is 87.3 Å². The van der Waals surface area contributed by atoms with Gasteiger partial charge >= 0.3 is 12.0 Å². The normalized spacial score (nSPS) is 16.5. The first-order valence-corrected chi connectivity index (χ1v) is 9.55. The number of hydrogen-bond donors (Lipinski definition) is 2. The molecule has 1 aliphatic heterocycles. The number of imidazole rings is 1. The number of benzene rings is 1. The number of hydrogen-bond acceptors (Lipinski definition) is 4. The number of para-hydroxylation sites is 2. The van der Waals surface area contributed by atoms with Gasteiger partial charge in [0.15, 0.2) is 0 Å². The maximum atomic E-state index is 12.6. The number of piperidine rings is 1. The Morgan fingerprint density at radius 2 is 2.00 bits per heavy atom. The van der Waals surface area contributed by atoms with Crippen LogP contribution >= 0.6 is 0 Å². The Kier molecular flexibility index (Phi) is 5.98. The maximum Gasteiger partial charge on any atom is 0.328 e. The van der Waals surface area contributed by atoms with Gasteiger partial charge in [-0.3, -0.25) is 0 Å². The van der Waals surface area contributed by atoms with Gasteiger partial charge in [-0.15, -0.1) is 0 Å². The maximum absolute atomic E-state index is 12.6. The fraction of sp³-hybridized carbons (Fsp3) is 0.550. The number of methoxy groups -OCH3 is 1. The molecule has 27 heavy (non-hydrogen) atoms. The number of urea groups is 1. The molecule has 0 saturated carbocycles. The van der Waals surface area contributed by atoms with Gasteiger partial charge in [-0.1, -0.05) is 26.0 Å². The molecule has 2 aromatic rings. The predicted octanol–water partition coefficient (Wildman–Crippen LogP) is 3.04. The van der Waals surface area contributed by atoms with Crippen LogP contribution in [0, 0.1) is 5.92 Å². The van der Waals surface area contributed by atoms with Gasteiger partial charge in [-0.2, -0.15) is 0 Å². The molecule has 0 radical (unpaired) electrons. The van der Waals surface area contributed by atoms with Crippen molar-refractivity contribution in [1.29, 1.82) is 0 Å². The lowest BCUT2D eigenvalue weighted by Crippen LogP contribution is -2.50. The number of carbonyl (C=O) groups excluding carboxylic acids is 2. The highest BCUT2D eigenvalue weighted by Gasteiger charge is 2.29. The highest BCUT2D eigenvalue weighted by Crippen LogP contribution is 2.27. The SMILES string of the molecule is COC(=O)[C@H](CC(C)C)NC(=O)N1CCC(c2nc3ccccc3[nH]2)CC1. The van der Waals surface area contributed by atoms with E-state index in [0.717, 1.165) is 29.7 Å². The van der Waals surface area contributed by atoms with Crippen LogP contribution in [0.25, 0.3) is 11.0 Å². The van der Waals surface area contributed by atoms with E-state index in [-0.39, 0.29) is 11.9 Å². The van der Waals surface area contributed by atoms with E-state index >= 15 is 0 Å². The summed E-state index contributed by atoms with van der Waals surface area (Å²) >= 11 is 0. The minimum absolute atomic E-state index is 0.200. The summed E-state index contributed by atoms with van der Waals surface area (Å²) in [5.74, 6) is 1.19. The number of ether oxygens (including phenoxy) is 1. The molecule has 0 spiro atoms. The third-order valence-corrected chi connectivity index (χ3v) is 5.07. The minimum atomic E-state index is -0.601. The van der Waals surface area contributed by atoms with E-state index in [1.807, 2.05) is 38.1 Å². The number of nitrogens with one attached hydrogen (secondary N) is 2. The zero-order valence-electron chi connectivity index (χ0n) is 16.2. The molecule has 1 atom stereocenters. The largest absolute Gasteiger partial charge is 0.467 e. The standard InChI is InChI=1S/C20H28N4O3/c1-13(2)12-17(19(25)27-3)23-20(26)24-10-8-14(9-11-24)18-21-15-6-4-5-7-16(15)22-18/h4-7,13-14,17H,8-12H2,1-3H3,(H,21,22)(H,23,26)/t17-/m0/s1. The summed E-state index contributed by atoms with van der Waals surface area (Å²) in [6.45, 7) is 5.31. The van der Waals surface area contributed by atoms with Crippen LogP contribution in [0.2, 0.25) is 0 Å². The minimum Gasteiger partial charge on any atom is -0.467 e. The van der Waals surface area contributed by atoms with Gasteiger partial charge in [0.1, 0.15) is 11.9 Å². The quantitative estimate of drug-likeness (QED) is 0.790. The van der Waals surface area contributed by atoms with Crippen molar-refractivity contribution in [3.05, 3.63) is 30.1 Å². The van der Waals surface area contributed by atoms with Crippen LogP contribution in [0.3, 0.4) is 0 Å². The zero-order valence-corrected chi connectivity index (χ0v) is 16.2. The van der Waals surface area contributed by atoms with Gasteiger partial charge in [0.25, 0.3) is 0 Å². The smallest absolute Gasteiger partial charge is 0.328 e. The molecule has 1 aromatic heterocycles. The summed E-state index contributed by atoms with van der Waals surface area (Å²) in [5.41, 5.74) is 2.02. The Balaban J connectivity index is 1.57. The summed E-state index contributed by atoms with van der Waals surface area (Å²) in [7, 11) is 1.35. The fourth-order valence-electron chi connectivity index (χ4n) is 3.59. The zero-order chi connectivity index (χ0) is 19.4. The van der Waals surface area contributed by atoms with Crippen molar-refractivity contribution in [3.63, 3.8) is 0 Å². The molecule has 1 aliphatic rings. The molecule has 2 heterocycles. The van der Waals surface area contributed by atoms with Crippen molar-refractivity contribution in [3.8, 4) is 0 Å². The first-order valence-electron chi connectivity index (χ1n) is 9.55. The van der Waals surface area contributed by atoms with Crippen molar-refractivity contribution in [2.75, 3.05) is 20.2 Å². The number of likely N-dealkylation sites (tertiary alicyclic amines) is 1. The average molecular weight is 372 g/mol. The summed E-state index contributed by atoms with van der Waals surface area (Å²) < 4.78 is 4.82. The van der Waals surface area contributed by atoms with Crippen molar-refractivity contribution < 1.29 is 14.3 Å². The highest BCUT2D eigenvalue weighted by atomic mass is 16.5. The average Bonchev–Trinajstić information content (AvgIpc) is 3.10. The van der Waals surface area contributed by atoms with Crippen LogP contribution in [-0.4, -0.2) is 53.1 Å². The van der Waals surface area contributed by atoms with Gasteiger partial charge in [-0.25, -0.2) is 14.6 Å². The number of H-pyrrole nitrogens is 1. The lowest BCUT2D eigenvalue weighted by Gasteiger charge is -2.32. The first kappa shape index (κ1) is 19.2. The van der Waals surface area contributed by atoms with Crippen molar-refractivity contribution in [1.82, 2.24) is 20.2 Å². The van der Waals surface area contributed by atoms with Gasteiger partial charge in [0.2, 0.25) is 0 Å². The van der Waals surface area contributed by atoms with E-state index in [4.69, 9.17) is 4.74 Å². The third kappa shape index (κ3) is 4.59. The van der Waals surface area contributed by atoms with Crippen LogP contribution in [-0.2, 0) is 9.53 Å². The van der Waals surface area contributed by atoms with E-state index in [1.165, 1.54) is 7.11 Å². The molecule has 1 saturated heterocycles. The molecule has 146 valence electrons. The molecule has 7 nitrogen and oxygen atoms in total. The molecule has 0 unspecified atom stereocenters. The molecule has 2 N–H and O–H groups in total. The molecule has 1 fully saturated rings. The molecule has 2 amide bonds. The Morgan fingerprint density at radius 3 is 2.63 bits per heavy atom. The second kappa shape index (κ2) is 8.41. The number of nitrogens with zero attached hydrogens (tertiary/aromatic N) is 2. The van der Waals surface area contributed by atoms with Gasteiger partial charge in [-0.05, 0) is 37.3 Å². The van der Waals surface area contributed by atoms with E-state index < -0.39 is 12.0 Å². The number of esters is 1. The van der Waals surface area contributed by atoms with E-state index in [0.29, 0.717) is 25.4 Å². The van der Waals surface area contributed by atoms with E-state index in [2.05, 4.69) is 15.3 Å². The van der Waals surface area contributed by atoms with Gasteiger partial charge in [0, 0.05) is 19.0 Å². The summed E-state index contributed by atoms with van der Waals surface area (Å²) in [6.07, 6.45) is 2.26. The number of rotatable bonds is 5. The van der Waals surface area contributed by atoms with Crippen LogP contribution in [0.4, 0.5) is 4.79 Å². The Morgan fingerprint density at radius 1 is 1.30 bits per heavy atom. The molecule has 0 bridgehead atoms. The Labute approximate surface area is 159 Å². The molecular formula is C20H28N4O3. The summed E-state index contributed by atoms with van der Waals surface area (Å²) in [4.78, 5) is 34.4. The predicted molar refractivity (Wildman–Crippen MR) is 103 cm³/mol. The van der Waals surface area contributed by atoms with Crippen LogP contribution < -0.4 is 5.32 Å². The highest BCUT2D eigenvalue weighted by molar-refractivity contribution is 5.83. The third-order valence-electron chi connectivity index (χ3n) is 5.07. The summed E-state index contributed by atoms with van der Waals surface area (Å²) in [5, 5.41) is 2.83. The van der Waals surface area contributed by atoms with Crippen molar-refractivity contribution in [2.24, 2.45) is 5.92 Å². The lowest BCUT2D eigenvalue weighted by molar-refractivity contribution is -0.143. The number of carbonyl (C=O) groups is 2. The Hall–Kier alpha value is -2.57. The van der Waals surface area contributed by atoms with Crippen LogP contribution in [0.15, 0.2) is 24.3 Å². The lowest BCUT2D eigenvalue weighted by atomic mass is 9.96. The monoisotopic (exact) mass is 372 g/mol. The molecular weight excluding hydrogens is 344 g/mol. The molecule has 3 rings (SSSR count). The molecule has 0 aliphatic carbocycles. The number of fused-ring (bicyclic) bond motifs is 1. The van der Waals surface area contributed by atoms with Crippen molar-refractivity contribution >= 4 is 23.0 Å². The Bertz CT molecular complexity index is 760.